The monoisotopic (exact) mass is 318 g/mol. The summed E-state index contributed by atoms with van der Waals surface area (Å²) in [6, 6.07) is 11.6. The summed E-state index contributed by atoms with van der Waals surface area (Å²) in [6.07, 6.45) is 1.43. The number of ether oxygens (including phenoxy) is 1. The smallest absolute Gasteiger partial charge is 0.270 e. The summed E-state index contributed by atoms with van der Waals surface area (Å²) >= 11 is 0. The van der Waals surface area contributed by atoms with E-state index in [1.54, 1.807) is 31.5 Å². The molecule has 1 aromatic carbocycles. The Morgan fingerprint density at radius 3 is 2.57 bits per heavy atom. The van der Waals surface area contributed by atoms with E-state index in [9.17, 15) is 8.78 Å². The van der Waals surface area contributed by atoms with Gasteiger partial charge in [-0.15, -0.1) is 0 Å². The van der Waals surface area contributed by atoms with Crippen molar-refractivity contribution in [2.45, 2.75) is 31.4 Å². The molecule has 122 valence electrons. The molecule has 0 spiro atoms. The van der Waals surface area contributed by atoms with Crippen LogP contribution in [-0.2, 0) is 0 Å². The van der Waals surface area contributed by atoms with Crippen molar-refractivity contribution in [2.24, 2.45) is 0 Å². The van der Waals surface area contributed by atoms with Gasteiger partial charge in [-0.3, -0.25) is 9.88 Å². The second-order valence-electron chi connectivity index (χ2n) is 5.86. The fourth-order valence-corrected chi connectivity index (χ4v) is 3.20. The molecule has 0 aliphatic carbocycles. The number of pyridine rings is 1. The molecule has 3 nitrogen and oxygen atoms in total. The number of aromatic nitrogens is 1. The second kappa shape index (κ2) is 6.24. The van der Waals surface area contributed by atoms with E-state index in [1.807, 2.05) is 36.1 Å². The van der Waals surface area contributed by atoms with Crippen molar-refractivity contribution >= 4 is 0 Å². The standard InChI is InChI=1S/C18H20F2N2O/c1-13(14-6-8-15(23-2)9-7-14)22-12-10-18(19,20)17(22)16-5-3-4-11-21-16/h3-9,11,13,17H,10,12H2,1-2H3/t13-,17-/m0/s1. The summed E-state index contributed by atoms with van der Waals surface area (Å²) in [5, 5.41) is 0. The Balaban J connectivity index is 1.90. The first-order chi connectivity index (χ1) is 11.0. The Hall–Kier alpha value is -2.01. The van der Waals surface area contributed by atoms with E-state index in [4.69, 9.17) is 4.74 Å². The van der Waals surface area contributed by atoms with Crippen molar-refractivity contribution in [3.63, 3.8) is 0 Å². The van der Waals surface area contributed by atoms with E-state index >= 15 is 0 Å². The topological polar surface area (TPSA) is 25.4 Å². The molecule has 2 atom stereocenters. The maximum absolute atomic E-state index is 14.4. The summed E-state index contributed by atoms with van der Waals surface area (Å²) < 4.78 is 34.0. The van der Waals surface area contributed by atoms with Crippen LogP contribution < -0.4 is 4.74 Å². The van der Waals surface area contributed by atoms with E-state index in [0.29, 0.717) is 12.2 Å². The van der Waals surface area contributed by atoms with Crippen LogP contribution in [-0.4, -0.2) is 29.5 Å². The zero-order chi connectivity index (χ0) is 16.4. The first-order valence-corrected chi connectivity index (χ1v) is 7.71. The first-order valence-electron chi connectivity index (χ1n) is 7.71. The fraction of sp³-hybridized carbons (Fsp3) is 0.389. The van der Waals surface area contributed by atoms with Crippen LogP contribution in [0.25, 0.3) is 0 Å². The molecule has 0 unspecified atom stereocenters. The van der Waals surface area contributed by atoms with Gasteiger partial charge in [-0.1, -0.05) is 18.2 Å². The molecule has 0 radical (unpaired) electrons. The van der Waals surface area contributed by atoms with E-state index < -0.39 is 12.0 Å². The quantitative estimate of drug-likeness (QED) is 0.843. The highest BCUT2D eigenvalue weighted by atomic mass is 19.3. The van der Waals surface area contributed by atoms with Crippen molar-refractivity contribution in [2.75, 3.05) is 13.7 Å². The highest BCUT2D eigenvalue weighted by Crippen LogP contribution is 2.47. The van der Waals surface area contributed by atoms with Gasteiger partial charge in [0.05, 0.1) is 12.8 Å². The highest BCUT2D eigenvalue weighted by Gasteiger charge is 2.51. The maximum atomic E-state index is 14.4. The molecule has 0 amide bonds. The van der Waals surface area contributed by atoms with Gasteiger partial charge in [0, 0.05) is 25.2 Å². The Labute approximate surface area is 134 Å². The van der Waals surface area contributed by atoms with Gasteiger partial charge in [0.25, 0.3) is 5.92 Å². The lowest BCUT2D eigenvalue weighted by Gasteiger charge is -2.32. The summed E-state index contributed by atoms with van der Waals surface area (Å²) in [6.45, 7) is 2.31. The lowest BCUT2D eigenvalue weighted by atomic mass is 10.0. The van der Waals surface area contributed by atoms with Crippen LogP contribution >= 0.6 is 0 Å². The number of rotatable bonds is 4. The van der Waals surface area contributed by atoms with E-state index in [2.05, 4.69) is 4.98 Å². The molecule has 1 saturated heterocycles. The van der Waals surface area contributed by atoms with Gasteiger partial charge < -0.3 is 4.74 Å². The molecule has 0 bridgehead atoms. The molecular weight excluding hydrogens is 298 g/mol. The summed E-state index contributed by atoms with van der Waals surface area (Å²) in [4.78, 5) is 6.01. The third-order valence-electron chi connectivity index (χ3n) is 4.50. The number of alkyl halides is 2. The molecule has 2 aromatic rings. The van der Waals surface area contributed by atoms with Gasteiger partial charge in [0.1, 0.15) is 11.8 Å². The molecule has 3 rings (SSSR count). The lowest BCUT2D eigenvalue weighted by molar-refractivity contribution is -0.0425. The van der Waals surface area contributed by atoms with Gasteiger partial charge in [0.15, 0.2) is 0 Å². The van der Waals surface area contributed by atoms with Crippen LogP contribution in [0.15, 0.2) is 48.7 Å². The van der Waals surface area contributed by atoms with Crippen molar-refractivity contribution in [1.29, 1.82) is 0 Å². The number of benzene rings is 1. The van der Waals surface area contributed by atoms with E-state index in [-0.39, 0.29) is 12.5 Å². The highest BCUT2D eigenvalue weighted by molar-refractivity contribution is 5.29. The SMILES string of the molecule is COc1ccc([C@H](C)N2CCC(F)(F)[C@@H]2c2ccccn2)cc1. The minimum atomic E-state index is -2.77. The number of likely N-dealkylation sites (tertiary alicyclic amines) is 1. The minimum absolute atomic E-state index is 0.124. The zero-order valence-electron chi connectivity index (χ0n) is 13.2. The number of hydrogen-bond acceptors (Lipinski definition) is 3. The molecule has 2 heterocycles. The van der Waals surface area contributed by atoms with Gasteiger partial charge in [-0.2, -0.15) is 0 Å². The summed E-state index contributed by atoms with van der Waals surface area (Å²) in [5.41, 5.74) is 1.42. The third-order valence-corrected chi connectivity index (χ3v) is 4.50. The van der Waals surface area contributed by atoms with Crippen molar-refractivity contribution in [1.82, 2.24) is 9.88 Å². The number of nitrogens with zero attached hydrogens (tertiary/aromatic N) is 2. The van der Waals surface area contributed by atoms with Gasteiger partial charge in [-0.25, -0.2) is 8.78 Å². The Bertz CT molecular complexity index is 646. The van der Waals surface area contributed by atoms with Crippen LogP contribution in [0.2, 0.25) is 0 Å². The minimum Gasteiger partial charge on any atom is -0.497 e. The van der Waals surface area contributed by atoms with Crippen molar-refractivity contribution in [3.8, 4) is 5.75 Å². The zero-order valence-corrected chi connectivity index (χ0v) is 13.2. The molecule has 0 N–H and O–H groups in total. The van der Waals surface area contributed by atoms with Gasteiger partial charge in [0.2, 0.25) is 0 Å². The second-order valence-corrected chi connectivity index (χ2v) is 5.86. The number of hydrogen-bond donors (Lipinski definition) is 0. The van der Waals surface area contributed by atoms with Gasteiger partial charge in [-0.05, 0) is 36.8 Å². The van der Waals surface area contributed by atoms with E-state index in [0.717, 1.165) is 11.3 Å². The third kappa shape index (κ3) is 3.06. The molecular formula is C18H20F2N2O. The Kier molecular flexibility index (Phi) is 4.31. The van der Waals surface area contributed by atoms with Crippen LogP contribution in [0.5, 0.6) is 5.75 Å². The average Bonchev–Trinajstić information content (AvgIpc) is 2.90. The van der Waals surface area contributed by atoms with Crippen molar-refractivity contribution in [3.05, 3.63) is 59.9 Å². The maximum Gasteiger partial charge on any atom is 0.270 e. The van der Waals surface area contributed by atoms with E-state index in [1.165, 1.54) is 0 Å². The van der Waals surface area contributed by atoms with Crippen LogP contribution in [0.3, 0.4) is 0 Å². The number of methoxy groups -OCH3 is 1. The molecule has 1 aliphatic rings. The fourth-order valence-electron chi connectivity index (χ4n) is 3.20. The van der Waals surface area contributed by atoms with Crippen LogP contribution in [0.1, 0.15) is 36.7 Å². The molecule has 1 aliphatic heterocycles. The molecule has 1 aromatic heterocycles. The first kappa shape index (κ1) is 15.9. The summed E-state index contributed by atoms with van der Waals surface area (Å²) in [7, 11) is 1.61. The normalized spacial score (nSPS) is 22.0. The molecule has 0 saturated carbocycles. The predicted octanol–water partition coefficient (Wildman–Crippen LogP) is 4.23. The predicted molar refractivity (Wildman–Crippen MR) is 84.7 cm³/mol. The van der Waals surface area contributed by atoms with Crippen LogP contribution in [0, 0.1) is 0 Å². The summed E-state index contributed by atoms with van der Waals surface area (Å²) in [5.74, 6) is -2.01. The van der Waals surface area contributed by atoms with Crippen LogP contribution in [0.4, 0.5) is 8.78 Å². The number of halogens is 2. The largest absolute Gasteiger partial charge is 0.497 e. The average molecular weight is 318 g/mol. The molecule has 23 heavy (non-hydrogen) atoms. The molecule has 1 fully saturated rings. The molecule has 5 heteroatoms. The Morgan fingerprint density at radius 2 is 1.96 bits per heavy atom. The van der Waals surface area contributed by atoms with Crippen molar-refractivity contribution < 1.29 is 13.5 Å². The Morgan fingerprint density at radius 1 is 1.22 bits per heavy atom. The lowest BCUT2D eigenvalue weighted by Crippen LogP contribution is -2.33. The van der Waals surface area contributed by atoms with Gasteiger partial charge >= 0.3 is 0 Å².